The average molecular weight is 624 g/mol. The molecule has 2 aromatic carbocycles. The fraction of sp³-hybridized carbons (Fsp3) is 0.483. The number of allylic oxidation sites excluding steroid dienone is 1. The third-order valence-corrected chi connectivity index (χ3v) is 11.0. The zero-order valence-electron chi connectivity index (χ0n) is 22.4. The molecule has 4 nitrogen and oxygen atoms in total. The van der Waals surface area contributed by atoms with Crippen molar-refractivity contribution < 1.29 is 48.3 Å². The summed E-state index contributed by atoms with van der Waals surface area (Å²) in [6.07, 6.45) is -7.40. The van der Waals surface area contributed by atoms with Gasteiger partial charge < -0.3 is 4.90 Å². The largest absolute Gasteiger partial charge is 0.435 e. The zero-order chi connectivity index (χ0) is 31.2. The molecule has 2 aromatic rings. The van der Waals surface area contributed by atoms with Gasteiger partial charge in [-0.2, -0.15) is 26.3 Å². The highest BCUT2D eigenvalue weighted by Gasteiger charge is 2.73. The number of rotatable bonds is 7. The molecule has 1 aliphatic heterocycles. The molecule has 1 atom stereocenters. The minimum absolute atomic E-state index is 0.0714. The summed E-state index contributed by atoms with van der Waals surface area (Å²) >= 11 is 0. The number of halogens is 8. The molecule has 0 spiro atoms. The first kappa shape index (κ1) is 32.0. The van der Waals surface area contributed by atoms with Crippen LogP contribution in [0.2, 0.25) is 0 Å². The molecular weight excluding hydrogens is 594 g/mol. The van der Waals surface area contributed by atoms with E-state index in [9.17, 15) is 48.3 Å². The lowest BCUT2D eigenvalue weighted by Gasteiger charge is -2.39. The van der Waals surface area contributed by atoms with Crippen molar-refractivity contribution in [2.45, 2.75) is 72.6 Å². The van der Waals surface area contributed by atoms with Crippen molar-refractivity contribution in [3.63, 3.8) is 0 Å². The van der Waals surface area contributed by atoms with Crippen LogP contribution in [0.25, 0.3) is 0 Å². The van der Waals surface area contributed by atoms with Crippen LogP contribution in [0.1, 0.15) is 56.1 Å². The zero-order valence-corrected chi connectivity index (χ0v) is 23.2. The molecular formula is C29H29F8NO3S. The Balaban J connectivity index is 1.83. The summed E-state index contributed by atoms with van der Waals surface area (Å²) < 4.78 is 135. The van der Waals surface area contributed by atoms with Crippen molar-refractivity contribution >= 4 is 15.7 Å². The normalized spacial score (nSPS) is 21.8. The predicted molar refractivity (Wildman–Crippen MR) is 138 cm³/mol. The van der Waals surface area contributed by atoms with E-state index in [1.165, 1.54) is 4.90 Å². The van der Waals surface area contributed by atoms with Crippen molar-refractivity contribution in [2.24, 2.45) is 5.41 Å². The fourth-order valence-electron chi connectivity index (χ4n) is 6.24. The van der Waals surface area contributed by atoms with Crippen LogP contribution in [0.3, 0.4) is 0 Å². The summed E-state index contributed by atoms with van der Waals surface area (Å²) in [6, 6.07) is 5.75. The van der Waals surface area contributed by atoms with Gasteiger partial charge in [0, 0.05) is 18.7 Å². The van der Waals surface area contributed by atoms with E-state index in [-0.39, 0.29) is 41.5 Å². The molecule has 4 rings (SSSR count). The van der Waals surface area contributed by atoms with Crippen LogP contribution < -0.4 is 0 Å². The molecule has 13 heteroatoms. The minimum Gasteiger partial charge on any atom is -0.340 e. The second-order valence-electron chi connectivity index (χ2n) is 11.0. The predicted octanol–water partition coefficient (Wildman–Crippen LogP) is 7.54. The highest BCUT2D eigenvalue weighted by Crippen LogP contribution is 2.54. The van der Waals surface area contributed by atoms with Crippen LogP contribution in [0.5, 0.6) is 0 Å². The number of carbonyl (C=O) groups excluding carboxylic acids is 1. The monoisotopic (exact) mass is 623 g/mol. The molecule has 0 N–H and O–H groups in total. The number of hydrogen-bond donors (Lipinski definition) is 0. The molecule has 1 aliphatic carbocycles. The molecule has 0 radical (unpaired) electrons. The maximum atomic E-state index is 14.7. The third-order valence-electron chi connectivity index (χ3n) is 8.55. The van der Waals surface area contributed by atoms with E-state index in [0.29, 0.717) is 19.3 Å². The SMILES string of the molecule is C=CCC1(C(=O)N2CC[C@](c3ccc(C(F)(C(F)(F)F)C(F)(F)F)cc3)(S(=O)(=O)c3ccc(F)cc3)C2)CCCCC1. The minimum atomic E-state index is -6.35. The summed E-state index contributed by atoms with van der Waals surface area (Å²) in [5.74, 6) is -1.05. The van der Waals surface area contributed by atoms with E-state index in [0.717, 1.165) is 55.7 Å². The van der Waals surface area contributed by atoms with Gasteiger partial charge in [0.15, 0.2) is 9.84 Å². The van der Waals surface area contributed by atoms with Gasteiger partial charge in [0.2, 0.25) is 5.91 Å². The van der Waals surface area contributed by atoms with E-state index in [2.05, 4.69) is 6.58 Å². The third kappa shape index (κ3) is 5.11. The lowest BCUT2D eigenvalue weighted by molar-refractivity contribution is -0.348. The lowest BCUT2D eigenvalue weighted by atomic mass is 9.71. The first-order valence-electron chi connectivity index (χ1n) is 13.3. The van der Waals surface area contributed by atoms with E-state index in [1.54, 1.807) is 6.08 Å². The molecule has 230 valence electrons. The Morgan fingerprint density at radius 3 is 1.90 bits per heavy atom. The van der Waals surface area contributed by atoms with Crippen LogP contribution in [0.15, 0.2) is 66.1 Å². The van der Waals surface area contributed by atoms with Crippen molar-refractivity contribution in [3.8, 4) is 0 Å². The lowest BCUT2D eigenvalue weighted by Crippen LogP contribution is -2.50. The second-order valence-corrected chi connectivity index (χ2v) is 13.3. The number of alkyl halides is 7. The molecule has 1 saturated heterocycles. The molecule has 42 heavy (non-hydrogen) atoms. The Kier molecular flexibility index (Phi) is 8.33. The van der Waals surface area contributed by atoms with Crippen LogP contribution in [-0.4, -0.2) is 44.7 Å². The van der Waals surface area contributed by atoms with Crippen molar-refractivity contribution in [1.29, 1.82) is 0 Å². The number of sulfone groups is 1. The fourth-order valence-corrected chi connectivity index (χ4v) is 8.32. The van der Waals surface area contributed by atoms with E-state index in [4.69, 9.17) is 0 Å². The standard InChI is InChI=1S/C29H29F8NO3S/c1-2-14-25(15-4-3-5-16-25)24(39)38-18-17-26(19-38,42(40,41)23-12-10-22(30)11-13-23)20-6-8-21(9-7-20)27(31,28(32,33)34)29(35,36)37/h2,6-13H,1,3-5,14-19H2/t26-/m0/s1. The summed E-state index contributed by atoms with van der Waals surface area (Å²) in [5.41, 5.74) is -8.50. The number of hydrogen-bond acceptors (Lipinski definition) is 3. The molecule has 0 aromatic heterocycles. The topological polar surface area (TPSA) is 54.5 Å². The van der Waals surface area contributed by atoms with Crippen LogP contribution in [-0.2, 0) is 25.0 Å². The summed E-state index contributed by atoms with van der Waals surface area (Å²) in [4.78, 5) is 14.9. The quantitative estimate of drug-likeness (QED) is 0.182. The number of likely N-dealkylation sites (tertiary alicyclic amines) is 1. The van der Waals surface area contributed by atoms with Crippen molar-refractivity contribution in [2.75, 3.05) is 13.1 Å². The van der Waals surface area contributed by atoms with Crippen LogP contribution in [0, 0.1) is 11.2 Å². The van der Waals surface area contributed by atoms with Gasteiger partial charge in [-0.15, -0.1) is 6.58 Å². The van der Waals surface area contributed by atoms with Gasteiger partial charge in [-0.1, -0.05) is 49.6 Å². The molecule has 0 unspecified atom stereocenters. The highest BCUT2D eigenvalue weighted by atomic mass is 32.2. The molecule has 1 amide bonds. The first-order chi connectivity index (χ1) is 19.5. The van der Waals surface area contributed by atoms with Gasteiger partial charge in [0.1, 0.15) is 10.6 Å². The summed E-state index contributed by atoms with van der Waals surface area (Å²) in [5, 5.41) is 0. The summed E-state index contributed by atoms with van der Waals surface area (Å²) in [6.45, 7) is 3.22. The van der Waals surface area contributed by atoms with E-state index >= 15 is 0 Å². The number of benzene rings is 2. The first-order valence-corrected chi connectivity index (χ1v) is 14.8. The van der Waals surface area contributed by atoms with Gasteiger partial charge in [0.05, 0.1) is 10.3 Å². The molecule has 2 aliphatic rings. The Bertz CT molecular complexity index is 1400. The number of amides is 1. The smallest absolute Gasteiger partial charge is 0.340 e. The Morgan fingerprint density at radius 2 is 1.40 bits per heavy atom. The Morgan fingerprint density at radius 1 is 0.857 bits per heavy atom. The number of nitrogens with zero attached hydrogens (tertiary/aromatic N) is 1. The maximum Gasteiger partial charge on any atom is 0.435 e. The van der Waals surface area contributed by atoms with Gasteiger partial charge in [-0.25, -0.2) is 17.2 Å². The van der Waals surface area contributed by atoms with Gasteiger partial charge >= 0.3 is 18.0 Å². The van der Waals surface area contributed by atoms with Gasteiger partial charge in [-0.05, 0) is 55.5 Å². The van der Waals surface area contributed by atoms with Gasteiger partial charge in [0.25, 0.3) is 0 Å². The number of carbonyl (C=O) groups is 1. The molecule has 2 fully saturated rings. The van der Waals surface area contributed by atoms with E-state index < -0.39 is 55.9 Å². The average Bonchev–Trinajstić information content (AvgIpc) is 3.39. The highest BCUT2D eigenvalue weighted by molar-refractivity contribution is 7.92. The molecule has 1 saturated carbocycles. The van der Waals surface area contributed by atoms with Crippen LogP contribution in [0.4, 0.5) is 35.1 Å². The van der Waals surface area contributed by atoms with E-state index in [1.807, 2.05) is 0 Å². The molecule has 1 heterocycles. The Hall–Kier alpha value is -2.96. The van der Waals surface area contributed by atoms with Crippen LogP contribution >= 0.6 is 0 Å². The Labute approximate surface area is 238 Å². The van der Waals surface area contributed by atoms with Crippen molar-refractivity contribution in [3.05, 3.63) is 78.1 Å². The maximum absolute atomic E-state index is 14.7. The molecule has 0 bridgehead atoms. The van der Waals surface area contributed by atoms with Gasteiger partial charge in [-0.3, -0.25) is 4.79 Å². The van der Waals surface area contributed by atoms with Crippen molar-refractivity contribution in [1.82, 2.24) is 4.90 Å². The summed E-state index contributed by atoms with van der Waals surface area (Å²) in [7, 11) is -4.52. The second kappa shape index (κ2) is 10.9.